The van der Waals surface area contributed by atoms with Crippen LogP contribution in [0.5, 0.6) is 0 Å². The minimum absolute atomic E-state index is 0.00190. The summed E-state index contributed by atoms with van der Waals surface area (Å²) < 4.78 is 19.1. The molecule has 0 amide bonds. The van der Waals surface area contributed by atoms with Gasteiger partial charge in [0, 0.05) is 25.6 Å². The van der Waals surface area contributed by atoms with Gasteiger partial charge < -0.3 is 15.2 Å². The van der Waals surface area contributed by atoms with Crippen LogP contribution >= 0.6 is 11.6 Å². The number of nitrogens with one attached hydrogen (secondary N) is 1. The monoisotopic (exact) mass is 259 g/mol. The van der Waals surface area contributed by atoms with Gasteiger partial charge in [-0.15, -0.1) is 0 Å². The van der Waals surface area contributed by atoms with Gasteiger partial charge in [0.1, 0.15) is 5.82 Å². The zero-order valence-corrected chi connectivity index (χ0v) is 10.1. The van der Waals surface area contributed by atoms with Crippen LogP contribution in [0.25, 0.3) is 0 Å². The van der Waals surface area contributed by atoms with Gasteiger partial charge in [-0.25, -0.2) is 4.39 Å². The topological polar surface area (TPSA) is 41.5 Å². The summed E-state index contributed by atoms with van der Waals surface area (Å²) in [6.45, 7) is 1.95. The van der Waals surface area contributed by atoms with Gasteiger partial charge in [-0.1, -0.05) is 17.7 Å². The third-order valence-electron chi connectivity index (χ3n) is 2.92. The lowest BCUT2D eigenvalue weighted by Gasteiger charge is -2.23. The molecule has 1 fully saturated rings. The Morgan fingerprint density at radius 2 is 2.35 bits per heavy atom. The maximum absolute atomic E-state index is 13.4. The van der Waals surface area contributed by atoms with Gasteiger partial charge in [-0.2, -0.15) is 0 Å². The SMILES string of the molecule is OC[C@@H]1CNCCO[C@H]1c1ccc(Cl)c(F)c1. The maximum atomic E-state index is 13.4. The highest BCUT2D eigenvalue weighted by Gasteiger charge is 2.26. The van der Waals surface area contributed by atoms with Crippen molar-refractivity contribution < 1.29 is 14.2 Å². The molecule has 2 atom stereocenters. The van der Waals surface area contributed by atoms with Gasteiger partial charge in [0.05, 0.1) is 17.7 Å². The van der Waals surface area contributed by atoms with Crippen LogP contribution in [0.15, 0.2) is 18.2 Å². The van der Waals surface area contributed by atoms with Crippen LogP contribution in [0.3, 0.4) is 0 Å². The molecule has 0 saturated carbocycles. The highest BCUT2D eigenvalue weighted by Crippen LogP contribution is 2.29. The zero-order chi connectivity index (χ0) is 12.3. The molecular formula is C12H15ClFNO2. The number of aliphatic hydroxyl groups is 1. The van der Waals surface area contributed by atoms with Crippen LogP contribution in [0.2, 0.25) is 5.02 Å². The molecule has 0 spiro atoms. The predicted molar refractivity (Wildman–Crippen MR) is 63.5 cm³/mol. The Bertz CT molecular complexity index is 389. The largest absolute Gasteiger partial charge is 0.396 e. The molecule has 0 aliphatic carbocycles. The summed E-state index contributed by atoms with van der Waals surface area (Å²) in [6.07, 6.45) is -0.290. The molecule has 94 valence electrons. The number of aliphatic hydroxyl groups excluding tert-OH is 1. The molecule has 5 heteroatoms. The van der Waals surface area contributed by atoms with Crippen LogP contribution < -0.4 is 5.32 Å². The van der Waals surface area contributed by atoms with E-state index in [1.165, 1.54) is 12.1 Å². The Kier molecular flexibility index (Phi) is 4.34. The fraction of sp³-hybridized carbons (Fsp3) is 0.500. The molecule has 0 unspecified atom stereocenters. The predicted octanol–water partition coefficient (Wildman–Crippen LogP) is 1.75. The van der Waals surface area contributed by atoms with E-state index in [9.17, 15) is 9.50 Å². The molecule has 1 aliphatic heterocycles. The summed E-state index contributed by atoms with van der Waals surface area (Å²) in [5.41, 5.74) is 0.717. The van der Waals surface area contributed by atoms with Gasteiger partial charge in [0.15, 0.2) is 0 Å². The van der Waals surface area contributed by atoms with Crippen LogP contribution in [0.1, 0.15) is 11.7 Å². The van der Waals surface area contributed by atoms with Crippen molar-refractivity contribution in [2.24, 2.45) is 5.92 Å². The fourth-order valence-electron chi connectivity index (χ4n) is 2.01. The molecule has 2 N–H and O–H groups in total. The zero-order valence-electron chi connectivity index (χ0n) is 9.33. The Hall–Kier alpha value is -0.680. The van der Waals surface area contributed by atoms with Gasteiger partial charge in [0.2, 0.25) is 0 Å². The highest BCUT2D eigenvalue weighted by molar-refractivity contribution is 6.30. The number of ether oxygens (including phenoxy) is 1. The number of hydrogen-bond acceptors (Lipinski definition) is 3. The average Bonchev–Trinajstić information content (AvgIpc) is 2.57. The standard InChI is InChI=1S/C12H15ClFNO2/c13-10-2-1-8(5-11(10)14)12-9(7-16)6-15-3-4-17-12/h1-2,5,9,12,15-16H,3-4,6-7H2/t9-,12-/m0/s1. The molecule has 1 saturated heterocycles. The molecule has 0 bridgehead atoms. The molecule has 3 nitrogen and oxygen atoms in total. The molecule has 1 aliphatic rings. The quantitative estimate of drug-likeness (QED) is 0.850. The first-order valence-electron chi connectivity index (χ1n) is 5.60. The normalized spacial score (nSPS) is 25.6. The van der Waals surface area contributed by atoms with Crippen molar-refractivity contribution in [3.63, 3.8) is 0 Å². The van der Waals surface area contributed by atoms with E-state index in [1.807, 2.05) is 0 Å². The van der Waals surface area contributed by atoms with E-state index in [0.717, 1.165) is 12.1 Å². The molecule has 0 radical (unpaired) electrons. The first-order chi connectivity index (χ1) is 8.22. The number of hydrogen-bond donors (Lipinski definition) is 2. The lowest BCUT2D eigenvalue weighted by molar-refractivity contribution is 0.0113. The molecule has 1 aromatic carbocycles. The highest BCUT2D eigenvalue weighted by atomic mass is 35.5. The van der Waals surface area contributed by atoms with Gasteiger partial charge in [-0.3, -0.25) is 0 Å². The van der Waals surface area contributed by atoms with Crippen molar-refractivity contribution in [3.05, 3.63) is 34.6 Å². The number of benzene rings is 1. The maximum Gasteiger partial charge on any atom is 0.142 e. The first-order valence-corrected chi connectivity index (χ1v) is 5.98. The molecular weight excluding hydrogens is 245 g/mol. The summed E-state index contributed by atoms with van der Waals surface area (Å²) in [5, 5.41) is 12.6. The Morgan fingerprint density at radius 1 is 1.53 bits per heavy atom. The van der Waals surface area contributed by atoms with Crippen LogP contribution in [0.4, 0.5) is 4.39 Å². The second-order valence-corrected chi connectivity index (χ2v) is 4.52. The smallest absolute Gasteiger partial charge is 0.142 e. The summed E-state index contributed by atoms with van der Waals surface area (Å²) >= 11 is 5.64. The van der Waals surface area contributed by atoms with Crippen molar-refractivity contribution in [2.75, 3.05) is 26.3 Å². The van der Waals surface area contributed by atoms with E-state index in [2.05, 4.69) is 5.32 Å². The van der Waals surface area contributed by atoms with Crippen molar-refractivity contribution in [3.8, 4) is 0 Å². The third-order valence-corrected chi connectivity index (χ3v) is 3.22. The minimum Gasteiger partial charge on any atom is -0.396 e. The van der Waals surface area contributed by atoms with E-state index in [4.69, 9.17) is 16.3 Å². The minimum atomic E-state index is -0.457. The Balaban J connectivity index is 2.25. The molecule has 17 heavy (non-hydrogen) atoms. The van der Waals surface area contributed by atoms with Crippen molar-refractivity contribution in [1.82, 2.24) is 5.32 Å². The fourth-order valence-corrected chi connectivity index (χ4v) is 2.12. The van der Waals surface area contributed by atoms with E-state index < -0.39 is 5.82 Å². The van der Waals surface area contributed by atoms with Crippen LogP contribution in [-0.2, 0) is 4.74 Å². The van der Waals surface area contributed by atoms with Crippen molar-refractivity contribution in [2.45, 2.75) is 6.10 Å². The molecule has 1 aromatic rings. The van der Waals surface area contributed by atoms with Crippen molar-refractivity contribution in [1.29, 1.82) is 0 Å². The molecule has 0 aromatic heterocycles. The van der Waals surface area contributed by atoms with Crippen molar-refractivity contribution >= 4 is 11.6 Å². The van der Waals surface area contributed by atoms with Crippen LogP contribution in [-0.4, -0.2) is 31.4 Å². The second kappa shape index (κ2) is 5.78. The lowest BCUT2D eigenvalue weighted by atomic mass is 9.96. The van der Waals surface area contributed by atoms with Crippen LogP contribution in [0, 0.1) is 11.7 Å². The third kappa shape index (κ3) is 2.96. The lowest BCUT2D eigenvalue weighted by Crippen LogP contribution is -2.27. The van der Waals surface area contributed by atoms with E-state index in [-0.39, 0.29) is 23.7 Å². The first kappa shape index (κ1) is 12.8. The summed E-state index contributed by atoms with van der Waals surface area (Å²) in [7, 11) is 0. The van der Waals surface area contributed by atoms with Gasteiger partial charge in [-0.05, 0) is 17.7 Å². The summed E-state index contributed by atoms with van der Waals surface area (Å²) in [6, 6.07) is 4.63. The summed E-state index contributed by atoms with van der Waals surface area (Å²) in [5.74, 6) is -0.528. The Morgan fingerprint density at radius 3 is 3.06 bits per heavy atom. The van der Waals surface area contributed by atoms with Gasteiger partial charge >= 0.3 is 0 Å². The number of rotatable bonds is 2. The number of halogens is 2. The van der Waals surface area contributed by atoms with E-state index >= 15 is 0 Å². The second-order valence-electron chi connectivity index (χ2n) is 4.11. The van der Waals surface area contributed by atoms with E-state index in [0.29, 0.717) is 13.2 Å². The molecule has 1 heterocycles. The van der Waals surface area contributed by atoms with E-state index in [1.54, 1.807) is 6.07 Å². The van der Waals surface area contributed by atoms with Gasteiger partial charge in [0.25, 0.3) is 0 Å². The molecule has 2 rings (SSSR count). The Labute approximate surface area is 105 Å². The average molecular weight is 260 g/mol. The summed E-state index contributed by atoms with van der Waals surface area (Å²) in [4.78, 5) is 0.